The van der Waals surface area contributed by atoms with E-state index in [1.165, 1.54) is 19.3 Å². The molecule has 1 aliphatic rings. The molecule has 2 nitrogen and oxygen atoms in total. The third-order valence-corrected chi connectivity index (χ3v) is 3.99. The molecule has 16 heavy (non-hydrogen) atoms. The smallest absolute Gasteiger partial charge is 0.0771 e. The molecule has 0 spiro atoms. The summed E-state index contributed by atoms with van der Waals surface area (Å²) in [6, 6.07) is 0. The van der Waals surface area contributed by atoms with Gasteiger partial charge in [-0.3, -0.25) is 0 Å². The monoisotopic (exact) mass is 228 g/mol. The van der Waals surface area contributed by atoms with E-state index in [-0.39, 0.29) is 23.0 Å². The van der Waals surface area contributed by atoms with Crippen molar-refractivity contribution in [3.05, 3.63) is 0 Å². The van der Waals surface area contributed by atoms with Crippen molar-refractivity contribution < 1.29 is 9.84 Å². The van der Waals surface area contributed by atoms with Gasteiger partial charge in [0.25, 0.3) is 0 Å². The van der Waals surface area contributed by atoms with E-state index in [1.54, 1.807) is 0 Å². The van der Waals surface area contributed by atoms with E-state index >= 15 is 0 Å². The van der Waals surface area contributed by atoms with Crippen molar-refractivity contribution >= 4 is 0 Å². The van der Waals surface area contributed by atoms with Crippen LogP contribution in [0.25, 0.3) is 0 Å². The van der Waals surface area contributed by atoms with Gasteiger partial charge in [-0.15, -0.1) is 0 Å². The van der Waals surface area contributed by atoms with Crippen LogP contribution < -0.4 is 0 Å². The van der Waals surface area contributed by atoms with E-state index in [2.05, 4.69) is 27.7 Å². The van der Waals surface area contributed by atoms with Gasteiger partial charge in [-0.1, -0.05) is 41.0 Å². The lowest BCUT2D eigenvalue weighted by atomic mass is 9.63. The van der Waals surface area contributed by atoms with Crippen LogP contribution in [0, 0.1) is 10.8 Å². The second-order valence-corrected chi connectivity index (χ2v) is 6.61. The lowest BCUT2D eigenvalue weighted by Gasteiger charge is -2.49. The van der Waals surface area contributed by atoms with Crippen molar-refractivity contribution in [2.75, 3.05) is 6.61 Å². The van der Waals surface area contributed by atoms with Crippen LogP contribution in [0.3, 0.4) is 0 Å². The average Bonchev–Trinajstić information content (AvgIpc) is 2.14. The molecule has 1 aliphatic carbocycles. The van der Waals surface area contributed by atoms with E-state index in [4.69, 9.17) is 4.74 Å². The fraction of sp³-hybridized carbons (Fsp3) is 1.00. The van der Waals surface area contributed by atoms with Crippen LogP contribution in [0.4, 0.5) is 0 Å². The largest absolute Gasteiger partial charge is 0.391 e. The molecule has 1 N–H and O–H groups in total. The van der Waals surface area contributed by atoms with Crippen molar-refractivity contribution in [1.29, 1.82) is 0 Å². The van der Waals surface area contributed by atoms with Gasteiger partial charge in [-0.2, -0.15) is 0 Å². The highest BCUT2D eigenvalue weighted by Crippen LogP contribution is 2.47. The Balaban J connectivity index is 2.64. The molecule has 0 saturated heterocycles. The summed E-state index contributed by atoms with van der Waals surface area (Å²) in [5.74, 6) is 0. The fourth-order valence-corrected chi connectivity index (χ4v) is 3.10. The van der Waals surface area contributed by atoms with Crippen LogP contribution in [0.15, 0.2) is 0 Å². The maximum Gasteiger partial charge on any atom is 0.0771 e. The first kappa shape index (κ1) is 14.0. The molecular weight excluding hydrogens is 200 g/mol. The molecule has 0 amide bonds. The Hall–Kier alpha value is -0.0800. The van der Waals surface area contributed by atoms with E-state index < -0.39 is 0 Å². The lowest BCUT2D eigenvalue weighted by Crippen LogP contribution is -2.47. The third-order valence-electron chi connectivity index (χ3n) is 3.99. The van der Waals surface area contributed by atoms with Gasteiger partial charge < -0.3 is 9.84 Å². The summed E-state index contributed by atoms with van der Waals surface area (Å²) in [7, 11) is 0. The van der Waals surface area contributed by atoms with Crippen molar-refractivity contribution in [3.63, 3.8) is 0 Å². The van der Waals surface area contributed by atoms with E-state index in [9.17, 15) is 5.11 Å². The second kappa shape index (κ2) is 5.05. The second-order valence-electron chi connectivity index (χ2n) is 6.61. The normalized spacial score (nSPS) is 26.6. The summed E-state index contributed by atoms with van der Waals surface area (Å²) in [5.41, 5.74) is 0.463. The number of aliphatic hydroxyl groups is 1. The molecule has 0 aromatic carbocycles. The van der Waals surface area contributed by atoms with E-state index in [0.29, 0.717) is 6.61 Å². The van der Waals surface area contributed by atoms with Crippen molar-refractivity contribution in [2.24, 2.45) is 10.8 Å². The van der Waals surface area contributed by atoms with Crippen molar-refractivity contribution in [1.82, 2.24) is 0 Å². The summed E-state index contributed by atoms with van der Waals surface area (Å²) in [6.45, 7) is 11.6. The van der Waals surface area contributed by atoms with Crippen LogP contribution >= 0.6 is 0 Å². The van der Waals surface area contributed by atoms with Gasteiger partial charge in [0, 0.05) is 0 Å². The molecule has 0 radical (unpaired) electrons. The molecule has 0 heterocycles. The number of ether oxygens (including phenoxy) is 1. The number of hydrogen-bond donors (Lipinski definition) is 1. The molecule has 2 heteroatoms. The van der Waals surface area contributed by atoms with Crippen LogP contribution in [0.5, 0.6) is 0 Å². The zero-order valence-electron chi connectivity index (χ0n) is 11.5. The minimum Gasteiger partial charge on any atom is -0.391 e. The standard InChI is InChI=1S/C14H28O2/c1-6-11(15)10-16-12-13(2,3)8-7-9-14(12,4)5/h11-12,15H,6-10H2,1-5H3/t11-/m0/s1. The topological polar surface area (TPSA) is 29.5 Å². The zero-order valence-corrected chi connectivity index (χ0v) is 11.5. The Morgan fingerprint density at radius 2 is 1.69 bits per heavy atom. The number of rotatable bonds is 4. The molecule has 1 atom stereocenters. The highest BCUT2D eigenvalue weighted by Gasteiger charge is 2.44. The molecule has 96 valence electrons. The van der Waals surface area contributed by atoms with Crippen molar-refractivity contribution in [3.8, 4) is 0 Å². The molecule has 1 saturated carbocycles. The maximum atomic E-state index is 9.60. The molecule has 0 bridgehead atoms. The quantitative estimate of drug-likeness (QED) is 0.799. The Labute approximate surface area is 100 Å². The fourth-order valence-electron chi connectivity index (χ4n) is 3.10. The van der Waals surface area contributed by atoms with Gasteiger partial charge in [0.1, 0.15) is 0 Å². The molecule has 1 fully saturated rings. The van der Waals surface area contributed by atoms with Crippen LogP contribution in [0.2, 0.25) is 0 Å². The molecular formula is C14H28O2. The van der Waals surface area contributed by atoms with Gasteiger partial charge in [-0.05, 0) is 30.1 Å². The Bertz CT molecular complexity index is 205. The maximum absolute atomic E-state index is 9.60. The predicted molar refractivity (Wildman–Crippen MR) is 67.5 cm³/mol. The highest BCUT2D eigenvalue weighted by atomic mass is 16.5. The first-order valence-corrected chi connectivity index (χ1v) is 6.59. The van der Waals surface area contributed by atoms with Crippen LogP contribution in [-0.2, 0) is 4.74 Å². The number of hydrogen-bond acceptors (Lipinski definition) is 2. The first-order chi connectivity index (χ1) is 7.29. The van der Waals surface area contributed by atoms with Gasteiger partial charge in [0.2, 0.25) is 0 Å². The van der Waals surface area contributed by atoms with E-state index in [1.807, 2.05) is 6.92 Å². The summed E-state index contributed by atoms with van der Waals surface area (Å²) in [4.78, 5) is 0. The zero-order chi connectivity index (χ0) is 12.4. The van der Waals surface area contributed by atoms with Gasteiger partial charge in [-0.25, -0.2) is 0 Å². The van der Waals surface area contributed by atoms with E-state index in [0.717, 1.165) is 6.42 Å². The molecule has 0 aromatic heterocycles. The SMILES string of the molecule is CC[C@H](O)COC1C(C)(C)CCCC1(C)C. The Morgan fingerprint density at radius 3 is 2.12 bits per heavy atom. The molecule has 0 aromatic rings. The lowest BCUT2D eigenvalue weighted by molar-refractivity contribution is -0.137. The minimum atomic E-state index is -0.312. The summed E-state index contributed by atoms with van der Waals surface area (Å²) >= 11 is 0. The summed E-state index contributed by atoms with van der Waals surface area (Å²) in [5, 5.41) is 9.60. The first-order valence-electron chi connectivity index (χ1n) is 6.59. The predicted octanol–water partition coefficient (Wildman–Crippen LogP) is 3.38. The highest BCUT2D eigenvalue weighted by molar-refractivity contribution is 4.94. The summed E-state index contributed by atoms with van der Waals surface area (Å²) in [6.07, 6.45) is 4.46. The Morgan fingerprint density at radius 1 is 1.19 bits per heavy atom. The van der Waals surface area contributed by atoms with Crippen molar-refractivity contribution in [2.45, 2.75) is 72.5 Å². The molecule has 0 aliphatic heterocycles. The van der Waals surface area contributed by atoms with Gasteiger partial charge >= 0.3 is 0 Å². The summed E-state index contributed by atoms with van der Waals surface area (Å²) < 4.78 is 6.02. The van der Waals surface area contributed by atoms with Gasteiger partial charge in [0.05, 0.1) is 18.8 Å². The molecule has 1 rings (SSSR count). The van der Waals surface area contributed by atoms with Crippen LogP contribution in [0.1, 0.15) is 60.3 Å². The number of aliphatic hydroxyl groups excluding tert-OH is 1. The Kier molecular flexibility index (Phi) is 4.42. The van der Waals surface area contributed by atoms with Crippen LogP contribution in [-0.4, -0.2) is 23.9 Å². The van der Waals surface area contributed by atoms with Gasteiger partial charge in [0.15, 0.2) is 0 Å². The molecule has 0 unspecified atom stereocenters. The minimum absolute atomic E-state index is 0.231. The third kappa shape index (κ3) is 3.21. The average molecular weight is 228 g/mol.